The van der Waals surface area contributed by atoms with Gasteiger partial charge >= 0.3 is 6.09 Å². The molecule has 2 rings (SSSR count). The summed E-state index contributed by atoms with van der Waals surface area (Å²) in [5.41, 5.74) is 1.79. The predicted molar refractivity (Wildman–Crippen MR) is 81.5 cm³/mol. The second-order valence-corrected chi connectivity index (χ2v) is 4.37. The summed E-state index contributed by atoms with van der Waals surface area (Å²) in [5, 5.41) is 2.68. The molecule has 0 aliphatic heterocycles. The molecule has 2 aromatic carbocycles. The van der Waals surface area contributed by atoms with Crippen molar-refractivity contribution in [1.82, 2.24) is 0 Å². The van der Waals surface area contributed by atoms with Gasteiger partial charge in [-0.05, 0) is 30.7 Å². The molecule has 0 fully saturated rings. The number of nitrogens with one attached hydrogen (secondary N) is 1. The fraction of sp³-hybridized carbons (Fsp3) is 0.118. The van der Waals surface area contributed by atoms with Crippen molar-refractivity contribution in [1.29, 1.82) is 0 Å². The van der Waals surface area contributed by atoms with Crippen LogP contribution < -0.4 is 5.32 Å². The van der Waals surface area contributed by atoms with Gasteiger partial charge in [-0.1, -0.05) is 54.6 Å². The maximum absolute atomic E-state index is 11.7. The van der Waals surface area contributed by atoms with E-state index in [9.17, 15) is 4.79 Å². The maximum atomic E-state index is 11.7. The number of carbonyl (C=O) groups excluding carboxylic acids is 1. The molecule has 3 nitrogen and oxygen atoms in total. The van der Waals surface area contributed by atoms with E-state index in [0.717, 1.165) is 11.3 Å². The number of rotatable bonds is 4. The molecule has 0 saturated carbocycles. The number of benzene rings is 2. The van der Waals surface area contributed by atoms with Gasteiger partial charge in [0, 0.05) is 5.69 Å². The number of hydrogen-bond acceptors (Lipinski definition) is 2. The summed E-state index contributed by atoms with van der Waals surface area (Å²) in [6.45, 7) is 1.82. The van der Waals surface area contributed by atoms with Crippen molar-refractivity contribution in [3.8, 4) is 0 Å². The number of amides is 1. The van der Waals surface area contributed by atoms with Crippen LogP contribution in [-0.4, -0.2) is 12.2 Å². The Kier molecular flexibility index (Phi) is 4.95. The summed E-state index contributed by atoms with van der Waals surface area (Å²) < 4.78 is 5.24. The van der Waals surface area contributed by atoms with Crippen LogP contribution in [-0.2, 0) is 4.74 Å². The summed E-state index contributed by atoms with van der Waals surface area (Å²) in [7, 11) is 0. The van der Waals surface area contributed by atoms with Crippen molar-refractivity contribution in [3.63, 3.8) is 0 Å². The van der Waals surface area contributed by atoms with Gasteiger partial charge in [-0.2, -0.15) is 0 Å². The van der Waals surface area contributed by atoms with Gasteiger partial charge < -0.3 is 4.74 Å². The minimum Gasteiger partial charge on any atom is -0.442 e. The Hall–Kier alpha value is -2.55. The number of hydrogen-bond donors (Lipinski definition) is 1. The lowest BCUT2D eigenvalue weighted by Crippen LogP contribution is -2.18. The van der Waals surface area contributed by atoms with Crippen LogP contribution in [0.5, 0.6) is 0 Å². The first-order chi connectivity index (χ1) is 9.74. The van der Waals surface area contributed by atoms with Crippen LogP contribution in [0.4, 0.5) is 10.5 Å². The topological polar surface area (TPSA) is 38.3 Å². The highest BCUT2D eigenvalue weighted by Gasteiger charge is 2.06. The third kappa shape index (κ3) is 4.61. The minimum absolute atomic E-state index is 0.293. The monoisotopic (exact) mass is 267 g/mol. The van der Waals surface area contributed by atoms with Gasteiger partial charge in [-0.15, -0.1) is 0 Å². The zero-order chi connectivity index (χ0) is 14.2. The third-order valence-corrected chi connectivity index (χ3v) is 2.67. The van der Waals surface area contributed by atoms with E-state index in [1.165, 1.54) is 0 Å². The Morgan fingerprint density at radius 3 is 2.30 bits per heavy atom. The normalized spacial score (nSPS) is 12.1. The lowest BCUT2D eigenvalue weighted by atomic mass is 10.2. The molecule has 20 heavy (non-hydrogen) atoms. The fourth-order valence-corrected chi connectivity index (χ4v) is 1.69. The fourth-order valence-electron chi connectivity index (χ4n) is 1.69. The van der Waals surface area contributed by atoms with Crippen LogP contribution >= 0.6 is 0 Å². The summed E-state index contributed by atoms with van der Waals surface area (Å²) in [6.07, 6.45) is 3.03. The number of carbonyl (C=O) groups is 1. The first kappa shape index (κ1) is 13.9. The van der Waals surface area contributed by atoms with E-state index in [2.05, 4.69) is 5.32 Å². The third-order valence-electron chi connectivity index (χ3n) is 2.67. The second kappa shape index (κ2) is 7.14. The molecule has 1 unspecified atom stereocenters. The maximum Gasteiger partial charge on any atom is 0.412 e. The number of para-hydroxylation sites is 1. The Bertz CT molecular complexity index is 564. The van der Waals surface area contributed by atoms with Gasteiger partial charge in [0.1, 0.15) is 6.10 Å². The van der Waals surface area contributed by atoms with E-state index >= 15 is 0 Å². The summed E-state index contributed by atoms with van der Waals surface area (Å²) >= 11 is 0. The Balaban J connectivity index is 1.84. The quantitative estimate of drug-likeness (QED) is 0.895. The Morgan fingerprint density at radius 1 is 1.05 bits per heavy atom. The zero-order valence-corrected chi connectivity index (χ0v) is 11.3. The molecule has 0 aliphatic rings. The van der Waals surface area contributed by atoms with Gasteiger partial charge in [-0.3, -0.25) is 5.32 Å². The summed E-state index contributed by atoms with van der Waals surface area (Å²) in [6, 6.07) is 19.1. The van der Waals surface area contributed by atoms with Crippen molar-refractivity contribution in [3.05, 3.63) is 72.3 Å². The van der Waals surface area contributed by atoms with Crippen LogP contribution in [0.15, 0.2) is 66.7 Å². The highest BCUT2D eigenvalue weighted by atomic mass is 16.6. The van der Waals surface area contributed by atoms with Crippen LogP contribution in [0.25, 0.3) is 6.08 Å². The largest absolute Gasteiger partial charge is 0.442 e. The van der Waals surface area contributed by atoms with E-state index in [1.54, 1.807) is 0 Å². The first-order valence-corrected chi connectivity index (χ1v) is 6.50. The lowest BCUT2D eigenvalue weighted by molar-refractivity contribution is 0.142. The summed E-state index contributed by atoms with van der Waals surface area (Å²) in [4.78, 5) is 11.7. The molecular weight excluding hydrogens is 250 g/mol. The highest BCUT2D eigenvalue weighted by Crippen LogP contribution is 2.07. The average Bonchev–Trinajstić information content (AvgIpc) is 2.47. The van der Waals surface area contributed by atoms with Gasteiger partial charge in [0.15, 0.2) is 0 Å². The molecule has 0 aromatic heterocycles. The van der Waals surface area contributed by atoms with E-state index in [-0.39, 0.29) is 6.10 Å². The molecule has 0 saturated heterocycles. The smallest absolute Gasteiger partial charge is 0.412 e. The standard InChI is InChI=1S/C17H17NO2/c1-14(12-13-15-8-4-2-5-9-15)20-17(19)18-16-10-6-3-7-11-16/h2-14H,1H3,(H,18,19). The summed E-state index contributed by atoms with van der Waals surface area (Å²) in [5.74, 6) is 0. The minimum atomic E-state index is -0.457. The van der Waals surface area contributed by atoms with Gasteiger partial charge in [0.25, 0.3) is 0 Å². The Morgan fingerprint density at radius 2 is 1.65 bits per heavy atom. The van der Waals surface area contributed by atoms with Gasteiger partial charge in [0.05, 0.1) is 0 Å². The number of anilines is 1. The van der Waals surface area contributed by atoms with Crippen LogP contribution in [0.1, 0.15) is 12.5 Å². The molecule has 0 radical (unpaired) electrons. The van der Waals surface area contributed by atoms with Crippen LogP contribution in [0, 0.1) is 0 Å². The number of ether oxygens (including phenoxy) is 1. The predicted octanol–water partition coefficient (Wildman–Crippen LogP) is 4.34. The van der Waals surface area contributed by atoms with Gasteiger partial charge in [0.2, 0.25) is 0 Å². The van der Waals surface area contributed by atoms with E-state index < -0.39 is 6.09 Å². The van der Waals surface area contributed by atoms with Crippen LogP contribution in [0.2, 0.25) is 0 Å². The van der Waals surface area contributed by atoms with E-state index in [4.69, 9.17) is 4.74 Å². The molecule has 1 amide bonds. The molecular formula is C17H17NO2. The van der Waals surface area contributed by atoms with Gasteiger partial charge in [-0.25, -0.2) is 4.79 Å². The van der Waals surface area contributed by atoms with Crippen molar-refractivity contribution in [2.45, 2.75) is 13.0 Å². The highest BCUT2D eigenvalue weighted by molar-refractivity contribution is 5.84. The Labute approximate surface area is 118 Å². The zero-order valence-electron chi connectivity index (χ0n) is 11.3. The van der Waals surface area contributed by atoms with Crippen LogP contribution in [0.3, 0.4) is 0 Å². The van der Waals surface area contributed by atoms with Crippen molar-refractivity contribution >= 4 is 17.9 Å². The molecule has 0 aliphatic carbocycles. The molecule has 0 spiro atoms. The molecule has 0 heterocycles. The van der Waals surface area contributed by atoms with E-state index in [1.807, 2.05) is 79.7 Å². The molecule has 0 bridgehead atoms. The van der Waals surface area contributed by atoms with Crippen molar-refractivity contribution in [2.75, 3.05) is 5.32 Å². The molecule has 102 valence electrons. The van der Waals surface area contributed by atoms with Crippen molar-refractivity contribution in [2.24, 2.45) is 0 Å². The average molecular weight is 267 g/mol. The molecule has 1 N–H and O–H groups in total. The molecule has 1 atom stereocenters. The second-order valence-electron chi connectivity index (χ2n) is 4.37. The molecule has 3 heteroatoms. The molecule has 2 aromatic rings. The first-order valence-electron chi connectivity index (χ1n) is 6.50. The SMILES string of the molecule is CC(C=Cc1ccccc1)OC(=O)Nc1ccccc1. The van der Waals surface area contributed by atoms with E-state index in [0.29, 0.717) is 0 Å². The lowest BCUT2D eigenvalue weighted by Gasteiger charge is -2.10. The van der Waals surface area contributed by atoms with Crippen molar-refractivity contribution < 1.29 is 9.53 Å².